The third kappa shape index (κ3) is 1.89. The molecule has 0 saturated carbocycles. The van der Waals surface area contributed by atoms with Crippen molar-refractivity contribution in [2.45, 2.75) is 51.6 Å². The monoisotopic (exact) mass is 326 g/mol. The molecule has 4 rings (SSSR count). The summed E-state index contributed by atoms with van der Waals surface area (Å²) in [5.74, 6) is -0.938. The Hall–Kier alpha value is -1.94. The van der Waals surface area contributed by atoms with Crippen molar-refractivity contribution in [3.05, 3.63) is 45.7 Å². The van der Waals surface area contributed by atoms with E-state index in [1.54, 1.807) is 6.92 Å². The van der Waals surface area contributed by atoms with E-state index in [9.17, 15) is 14.7 Å². The van der Waals surface area contributed by atoms with Gasteiger partial charge < -0.3 is 9.84 Å². The Morgan fingerprint density at radius 3 is 2.75 bits per heavy atom. The second-order valence-electron chi connectivity index (χ2n) is 7.77. The fourth-order valence-corrected chi connectivity index (χ4v) is 4.63. The molecule has 0 fully saturated rings. The number of rotatable bonds is 1. The minimum atomic E-state index is -0.582. The summed E-state index contributed by atoms with van der Waals surface area (Å²) in [6.45, 7) is 5.91. The van der Waals surface area contributed by atoms with Crippen molar-refractivity contribution in [1.29, 1.82) is 0 Å². The number of hydrogen-bond acceptors (Lipinski definition) is 4. The summed E-state index contributed by atoms with van der Waals surface area (Å²) in [5, 5.41) is 9.47. The van der Waals surface area contributed by atoms with E-state index in [0.29, 0.717) is 16.9 Å². The van der Waals surface area contributed by atoms with Crippen LogP contribution in [0.1, 0.15) is 66.8 Å². The molecule has 0 aromatic heterocycles. The summed E-state index contributed by atoms with van der Waals surface area (Å²) in [6, 6.07) is 4.06. The van der Waals surface area contributed by atoms with Gasteiger partial charge in [0.15, 0.2) is 0 Å². The summed E-state index contributed by atoms with van der Waals surface area (Å²) >= 11 is 0. The zero-order chi connectivity index (χ0) is 17.2. The molecule has 0 bridgehead atoms. The van der Waals surface area contributed by atoms with E-state index < -0.39 is 17.8 Å². The van der Waals surface area contributed by atoms with Crippen LogP contribution in [0.2, 0.25) is 0 Å². The van der Waals surface area contributed by atoms with E-state index in [2.05, 4.69) is 19.9 Å². The van der Waals surface area contributed by atoms with Gasteiger partial charge in [0.2, 0.25) is 11.6 Å². The van der Waals surface area contributed by atoms with Crippen LogP contribution in [0.15, 0.2) is 23.5 Å². The maximum Gasteiger partial charge on any atom is 0.230 e. The largest absolute Gasteiger partial charge is 0.487 e. The fourth-order valence-electron chi connectivity index (χ4n) is 4.63. The molecule has 1 aliphatic heterocycles. The number of ether oxygens (including phenoxy) is 1. The predicted octanol–water partition coefficient (Wildman–Crippen LogP) is 3.02. The van der Waals surface area contributed by atoms with Crippen LogP contribution in [0.5, 0.6) is 0 Å². The number of hydrogen-bond donors (Lipinski definition) is 1. The lowest BCUT2D eigenvalue weighted by Crippen LogP contribution is -2.37. The molecule has 126 valence electrons. The van der Waals surface area contributed by atoms with Gasteiger partial charge in [-0.15, -0.1) is 0 Å². The second kappa shape index (κ2) is 5.03. The lowest BCUT2D eigenvalue weighted by atomic mass is 9.67. The number of benzene rings is 1. The van der Waals surface area contributed by atoms with Crippen LogP contribution in [0.3, 0.4) is 0 Å². The van der Waals surface area contributed by atoms with Crippen molar-refractivity contribution in [2.75, 3.05) is 6.61 Å². The van der Waals surface area contributed by atoms with Crippen LogP contribution in [-0.2, 0) is 21.4 Å². The Kier molecular flexibility index (Phi) is 3.26. The highest BCUT2D eigenvalue weighted by Gasteiger charge is 2.49. The smallest absolute Gasteiger partial charge is 0.230 e. The molecule has 1 aromatic carbocycles. The van der Waals surface area contributed by atoms with Crippen LogP contribution in [0.4, 0.5) is 0 Å². The number of Topliss-reactive ketones (excluding diaryl/α,β-unsaturated/α-hetero) is 2. The maximum atomic E-state index is 12.9. The zero-order valence-electron chi connectivity index (χ0n) is 14.3. The molecule has 0 spiro atoms. The highest BCUT2D eigenvalue weighted by molar-refractivity contribution is 6.46. The normalized spacial score (nSPS) is 27.5. The number of aliphatic hydroxyl groups excluding tert-OH is 1. The topological polar surface area (TPSA) is 63.6 Å². The van der Waals surface area contributed by atoms with Gasteiger partial charge in [0, 0.05) is 11.1 Å². The third-order valence-electron chi connectivity index (χ3n) is 5.96. The Balaban J connectivity index is 1.92. The summed E-state index contributed by atoms with van der Waals surface area (Å²) in [6.07, 6.45) is 2.46. The fraction of sp³-hybridized carbons (Fsp3) is 0.500. The Morgan fingerprint density at radius 2 is 2.04 bits per heavy atom. The molecule has 1 heterocycles. The van der Waals surface area contributed by atoms with Crippen molar-refractivity contribution >= 4 is 11.6 Å². The van der Waals surface area contributed by atoms with Crippen molar-refractivity contribution in [2.24, 2.45) is 5.92 Å². The molecular formula is C20H22O4. The van der Waals surface area contributed by atoms with Crippen LogP contribution in [0.25, 0.3) is 0 Å². The molecule has 2 aliphatic carbocycles. The third-order valence-corrected chi connectivity index (χ3v) is 5.96. The first-order valence-corrected chi connectivity index (χ1v) is 8.59. The van der Waals surface area contributed by atoms with Gasteiger partial charge in [0.25, 0.3) is 0 Å². The molecule has 4 nitrogen and oxygen atoms in total. The molecule has 0 saturated heterocycles. The minimum absolute atomic E-state index is 0.0176. The Bertz CT molecular complexity index is 800. The molecule has 2 unspecified atom stereocenters. The number of ketones is 2. The predicted molar refractivity (Wildman–Crippen MR) is 88.8 cm³/mol. The summed E-state index contributed by atoms with van der Waals surface area (Å²) in [5.41, 5.74) is 4.28. The highest BCUT2D eigenvalue weighted by Crippen LogP contribution is 2.49. The van der Waals surface area contributed by atoms with Crippen LogP contribution in [0, 0.1) is 5.92 Å². The Morgan fingerprint density at radius 1 is 1.29 bits per heavy atom. The summed E-state index contributed by atoms with van der Waals surface area (Å²) < 4.78 is 5.87. The second-order valence-corrected chi connectivity index (χ2v) is 7.77. The van der Waals surface area contributed by atoms with Crippen molar-refractivity contribution in [3.63, 3.8) is 0 Å². The highest BCUT2D eigenvalue weighted by atomic mass is 16.5. The first kappa shape index (κ1) is 15.6. The SMILES string of the molecule is CC1=C(CO)OC2c3ccc4c(c3C(=O)C(=O)C12)CCCC4(C)C. The molecule has 24 heavy (non-hydrogen) atoms. The van der Waals surface area contributed by atoms with Gasteiger partial charge in [-0.2, -0.15) is 0 Å². The zero-order valence-corrected chi connectivity index (χ0v) is 14.3. The number of fused-ring (bicyclic) bond motifs is 5. The Labute approximate surface area is 141 Å². The first-order valence-electron chi connectivity index (χ1n) is 8.59. The van der Waals surface area contributed by atoms with Gasteiger partial charge in [-0.05, 0) is 48.3 Å². The summed E-state index contributed by atoms with van der Waals surface area (Å²) in [4.78, 5) is 25.6. The van der Waals surface area contributed by atoms with Gasteiger partial charge in [-0.3, -0.25) is 9.59 Å². The van der Waals surface area contributed by atoms with E-state index in [-0.39, 0.29) is 17.8 Å². The van der Waals surface area contributed by atoms with E-state index in [1.807, 2.05) is 6.07 Å². The van der Waals surface area contributed by atoms with Gasteiger partial charge in [0.1, 0.15) is 18.5 Å². The van der Waals surface area contributed by atoms with Gasteiger partial charge in [-0.1, -0.05) is 26.0 Å². The van der Waals surface area contributed by atoms with Crippen molar-refractivity contribution in [3.8, 4) is 0 Å². The van der Waals surface area contributed by atoms with Crippen LogP contribution < -0.4 is 0 Å². The molecule has 1 N–H and O–H groups in total. The maximum absolute atomic E-state index is 12.9. The number of aliphatic hydroxyl groups is 1. The summed E-state index contributed by atoms with van der Waals surface area (Å²) in [7, 11) is 0. The molecule has 2 atom stereocenters. The number of carbonyl (C=O) groups is 2. The molecule has 0 amide bonds. The quantitative estimate of drug-likeness (QED) is 0.806. The van der Waals surface area contributed by atoms with Crippen molar-refractivity contribution in [1.82, 2.24) is 0 Å². The molecule has 3 aliphatic rings. The van der Waals surface area contributed by atoms with Gasteiger partial charge in [-0.25, -0.2) is 0 Å². The van der Waals surface area contributed by atoms with E-state index in [0.717, 1.165) is 30.4 Å². The van der Waals surface area contributed by atoms with E-state index in [1.165, 1.54) is 5.56 Å². The number of carbonyl (C=O) groups excluding carboxylic acids is 2. The van der Waals surface area contributed by atoms with Gasteiger partial charge >= 0.3 is 0 Å². The molecular weight excluding hydrogens is 304 g/mol. The lowest BCUT2D eigenvalue weighted by molar-refractivity contribution is -0.120. The average molecular weight is 326 g/mol. The van der Waals surface area contributed by atoms with Crippen molar-refractivity contribution < 1.29 is 19.4 Å². The molecule has 0 radical (unpaired) electrons. The van der Waals surface area contributed by atoms with Crippen LogP contribution in [-0.4, -0.2) is 23.3 Å². The van der Waals surface area contributed by atoms with E-state index in [4.69, 9.17) is 4.74 Å². The standard InChI is InChI=1S/C20H22O4/c1-10-14(9-21)24-19-12-6-7-13-11(5-4-8-20(13,2)3)16(12)18(23)17(22)15(10)19/h6-7,15,19,21H,4-5,8-9H2,1-3H3. The molecule has 4 heteroatoms. The molecule has 1 aromatic rings. The minimum Gasteiger partial charge on any atom is -0.487 e. The first-order chi connectivity index (χ1) is 11.4. The average Bonchev–Trinajstić information content (AvgIpc) is 2.88. The van der Waals surface area contributed by atoms with Crippen LogP contribution >= 0.6 is 0 Å². The van der Waals surface area contributed by atoms with E-state index >= 15 is 0 Å². The lowest BCUT2D eigenvalue weighted by Gasteiger charge is -2.36. The van der Waals surface area contributed by atoms with Gasteiger partial charge in [0.05, 0.1) is 5.92 Å².